The quantitative estimate of drug-likeness (QED) is 0.573. The van der Waals surface area contributed by atoms with Crippen molar-refractivity contribution in [1.29, 1.82) is 0 Å². The first-order valence-electron chi connectivity index (χ1n) is 2.01. The Hall–Kier alpha value is -0.970. The second-order valence-corrected chi connectivity index (χ2v) is 1.57. The fraction of sp³-hybridized carbons (Fsp3) is 0. The van der Waals surface area contributed by atoms with Crippen LogP contribution in [0.15, 0.2) is 0 Å². The Kier molecular flexibility index (Phi) is 1.44. The van der Waals surface area contributed by atoms with Crippen LogP contribution in [-0.4, -0.2) is 15.0 Å². The first-order chi connectivity index (χ1) is 4.18. The lowest BCUT2D eigenvalue weighted by molar-refractivity contribution is 0.535. The molecule has 0 amide bonds. The Bertz CT molecular complexity index is 177. The van der Waals surface area contributed by atoms with Crippen molar-refractivity contribution in [3.8, 4) is 0 Å². The molecule has 0 spiro atoms. The van der Waals surface area contributed by atoms with Gasteiger partial charge in [-0.15, -0.1) is 0 Å². The molecule has 1 rings (SSSR count). The normalized spacial score (nSPS) is 9.56. The van der Waals surface area contributed by atoms with Crippen LogP contribution in [0.5, 0.6) is 0 Å². The third kappa shape index (κ3) is 1.46. The molecule has 0 fully saturated rings. The number of aromatic nitrogens is 3. The molecule has 1 aromatic heterocycles. The highest BCUT2D eigenvalue weighted by Crippen LogP contribution is 2.00. The molecule has 4 nitrogen and oxygen atoms in total. The molecule has 1 aromatic rings. The van der Waals surface area contributed by atoms with E-state index in [0.29, 0.717) is 0 Å². The van der Waals surface area contributed by atoms with Crippen LogP contribution in [0.2, 0.25) is 5.28 Å². The number of nitrogens with two attached hydrogens (primary N) is 1. The maximum Gasteiger partial charge on any atom is 0.314 e. The second-order valence-electron chi connectivity index (χ2n) is 1.23. The van der Waals surface area contributed by atoms with E-state index < -0.39 is 6.08 Å². The van der Waals surface area contributed by atoms with E-state index in [2.05, 4.69) is 15.0 Å². The summed E-state index contributed by atoms with van der Waals surface area (Å²) in [6.45, 7) is 0. The minimum Gasteiger partial charge on any atom is -0.368 e. The van der Waals surface area contributed by atoms with Crippen molar-refractivity contribution >= 4 is 17.5 Å². The van der Waals surface area contributed by atoms with Gasteiger partial charge in [0.25, 0.3) is 0 Å². The molecule has 9 heavy (non-hydrogen) atoms. The van der Waals surface area contributed by atoms with E-state index in [0.717, 1.165) is 0 Å². The van der Waals surface area contributed by atoms with E-state index in [9.17, 15) is 4.39 Å². The van der Waals surface area contributed by atoms with Gasteiger partial charge in [-0.1, -0.05) is 0 Å². The van der Waals surface area contributed by atoms with Crippen molar-refractivity contribution in [2.45, 2.75) is 0 Å². The largest absolute Gasteiger partial charge is 0.368 e. The van der Waals surface area contributed by atoms with E-state index >= 15 is 0 Å². The minimum atomic E-state index is -0.965. The van der Waals surface area contributed by atoms with Gasteiger partial charge in [0.1, 0.15) is 0 Å². The van der Waals surface area contributed by atoms with Gasteiger partial charge in [0.05, 0.1) is 0 Å². The molecule has 0 bridgehead atoms. The summed E-state index contributed by atoms with van der Waals surface area (Å²) in [6.07, 6.45) is -0.965. The van der Waals surface area contributed by atoms with Gasteiger partial charge >= 0.3 is 6.08 Å². The molecule has 48 valence electrons. The lowest BCUT2D eigenvalue weighted by atomic mass is 11.0. The summed E-state index contributed by atoms with van der Waals surface area (Å²) in [7, 11) is 0. The van der Waals surface area contributed by atoms with Crippen molar-refractivity contribution in [3.63, 3.8) is 0 Å². The number of anilines is 1. The summed E-state index contributed by atoms with van der Waals surface area (Å²) < 4.78 is 12.0. The highest BCUT2D eigenvalue weighted by atomic mass is 35.5. The van der Waals surface area contributed by atoms with E-state index in [4.69, 9.17) is 17.3 Å². The fourth-order valence-electron chi connectivity index (χ4n) is 0.340. The van der Waals surface area contributed by atoms with E-state index in [1.165, 1.54) is 0 Å². The standard InChI is InChI=1S/C3H2ClFN4/c4-1-7-2(5)9-3(6)8-1/h(H2,6,7,8,9). The molecule has 6 heteroatoms. The lowest BCUT2D eigenvalue weighted by Crippen LogP contribution is -1.99. The van der Waals surface area contributed by atoms with Crippen LogP contribution in [0.4, 0.5) is 10.3 Å². The predicted molar refractivity (Wildman–Crippen MR) is 29.2 cm³/mol. The average Bonchev–Trinajstić information content (AvgIpc) is 1.59. The zero-order valence-electron chi connectivity index (χ0n) is 4.17. The van der Waals surface area contributed by atoms with Crippen LogP contribution in [0.1, 0.15) is 0 Å². The molecule has 0 saturated heterocycles. The number of hydrogen-bond donors (Lipinski definition) is 1. The SMILES string of the molecule is Nc1nc(F)nc(Cl)n1. The fourth-order valence-corrected chi connectivity index (χ4v) is 0.497. The minimum absolute atomic E-state index is 0.215. The zero-order chi connectivity index (χ0) is 6.85. The first-order valence-corrected chi connectivity index (χ1v) is 2.39. The van der Waals surface area contributed by atoms with Crippen molar-refractivity contribution in [3.05, 3.63) is 11.4 Å². The second kappa shape index (κ2) is 2.10. The molecule has 2 N–H and O–H groups in total. The average molecular weight is 149 g/mol. The van der Waals surface area contributed by atoms with Gasteiger partial charge in [0.15, 0.2) is 0 Å². The molecular weight excluding hydrogens is 147 g/mol. The van der Waals surface area contributed by atoms with E-state index in [-0.39, 0.29) is 11.2 Å². The third-order valence-corrected chi connectivity index (χ3v) is 0.767. The summed E-state index contributed by atoms with van der Waals surface area (Å²) in [6, 6.07) is 0. The molecule has 0 saturated carbocycles. The topological polar surface area (TPSA) is 64.7 Å². The number of rotatable bonds is 0. The lowest BCUT2D eigenvalue weighted by Gasteiger charge is -1.89. The van der Waals surface area contributed by atoms with Gasteiger partial charge in [-0.05, 0) is 11.6 Å². The first kappa shape index (κ1) is 6.15. The number of hydrogen-bond acceptors (Lipinski definition) is 4. The molecule has 0 radical (unpaired) electrons. The van der Waals surface area contributed by atoms with Crippen molar-refractivity contribution in [2.24, 2.45) is 0 Å². The van der Waals surface area contributed by atoms with Crippen LogP contribution in [0, 0.1) is 6.08 Å². The summed E-state index contributed by atoms with van der Waals surface area (Å²) in [5.74, 6) is -0.215. The smallest absolute Gasteiger partial charge is 0.314 e. The number of nitrogens with zero attached hydrogens (tertiary/aromatic N) is 3. The molecule has 0 unspecified atom stereocenters. The van der Waals surface area contributed by atoms with Gasteiger partial charge in [-0.2, -0.15) is 19.3 Å². The van der Waals surface area contributed by atoms with Gasteiger partial charge in [0.2, 0.25) is 11.2 Å². The molecule has 0 aliphatic rings. The van der Waals surface area contributed by atoms with Gasteiger partial charge < -0.3 is 5.73 Å². The molecular formula is C3H2ClFN4. The van der Waals surface area contributed by atoms with Crippen molar-refractivity contribution in [1.82, 2.24) is 15.0 Å². The van der Waals surface area contributed by atoms with Crippen LogP contribution >= 0.6 is 11.6 Å². The highest BCUT2D eigenvalue weighted by molar-refractivity contribution is 6.28. The van der Waals surface area contributed by atoms with Gasteiger partial charge in [-0.25, -0.2) is 0 Å². The Morgan fingerprint density at radius 2 is 2.00 bits per heavy atom. The maximum atomic E-state index is 12.0. The Balaban J connectivity index is 3.17. The zero-order valence-corrected chi connectivity index (χ0v) is 4.93. The predicted octanol–water partition coefficient (Wildman–Crippen LogP) is 0.246. The van der Waals surface area contributed by atoms with Gasteiger partial charge in [-0.3, -0.25) is 0 Å². The summed E-state index contributed by atoms with van der Waals surface area (Å²) in [4.78, 5) is 9.39. The van der Waals surface area contributed by atoms with Crippen molar-refractivity contribution < 1.29 is 4.39 Å². The Labute approximate surface area is 54.9 Å². The van der Waals surface area contributed by atoms with Gasteiger partial charge in [0, 0.05) is 0 Å². The van der Waals surface area contributed by atoms with Crippen LogP contribution in [0.3, 0.4) is 0 Å². The Morgan fingerprint density at radius 1 is 1.33 bits per heavy atom. The highest BCUT2D eigenvalue weighted by Gasteiger charge is 1.97. The van der Waals surface area contributed by atoms with Crippen LogP contribution in [-0.2, 0) is 0 Å². The molecule has 1 heterocycles. The molecule has 0 aromatic carbocycles. The van der Waals surface area contributed by atoms with E-state index in [1.807, 2.05) is 0 Å². The third-order valence-electron chi connectivity index (χ3n) is 0.598. The monoisotopic (exact) mass is 148 g/mol. The maximum absolute atomic E-state index is 12.0. The molecule has 0 atom stereocenters. The van der Waals surface area contributed by atoms with E-state index in [1.54, 1.807) is 0 Å². The number of halogens is 2. The van der Waals surface area contributed by atoms with Crippen LogP contribution < -0.4 is 5.73 Å². The Morgan fingerprint density at radius 3 is 2.44 bits per heavy atom. The van der Waals surface area contributed by atoms with Crippen molar-refractivity contribution in [2.75, 3.05) is 5.73 Å². The molecule has 0 aliphatic carbocycles. The molecule has 0 aliphatic heterocycles. The summed E-state index contributed by atoms with van der Waals surface area (Å²) in [5, 5.41) is -0.236. The van der Waals surface area contributed by atoms with Crippen LogP contribution in [0.25, 0.3) is 0 Å². The summed E-state index contributed by atoms with van der Waals surface area (Å²) >= 11 is 5.17. The number of nitrogen functional groups attached to an aromatic ring is 1. The summed E-state index contributed by atoms with van der Waals surface area (Å²) in [5.41, 5.74) is 4.97.